The standard InChI is InChI=1S/C40H47N5O6/c1-26(2)51-35-18-16-28(20-36(35)50-4)39(48)44-22-30-23-45(40(49)29-15-17-31-13-9-19-43(31)21-29)25-33(32(30)24-44)37(46)42-34(38(47)41-3)14-8-12-27-10-6-5-7-11-27/h5-7,9-11,13,15-21,26,30,32-34H,8,12,14,22-25H2,1-4H3,(H,41,47)(H,42,46)/t30?,32?,33?,34-/m0/s1. The molecular formula is C40H47N5O6. The van der Waals surface area contributed by atoms with E-state index in [2.05, 4.69) is 10.6 Å². The first-order chi connectivity index (χ1) is 24.6. The van der Waals surface area contributed by atoms with Crippen LogP contribution in [0.5, 0.6) is 11.5 Å². The molecule has 4 heterocycles. The largest absolute Gasteiger partial charge is 0.493 e. The number of hydrogen-bond acceptors (Lipinski definition) is 6. The fraction of sp³-hybridized carbons (Fsp3) is 0.400. The SMILES string of the molecule is CNC(=O)[C@H](CCCc1ccccc1)NC(=O)C1CN(C(=O)c2ccc3cccn3c2)CC2CN(C(=O)c3ccc(OC(C)C)c(OC)c3)CC21. The molecule has 268 valence electrons. The third-order valence-corrected chi connectivity index (χ3v) is 10.0. The van der Waals surface area contributed by atoms with E-state index in [0.717, 1.165) is 17.5 Å². The predicted molar refractivity (Wildman–Crippen MR) is 194 cm³/mol. The second-order valence-corrected chi connectivity index (χ2v) is 13.8. The first-order valence-corrected chi connectivity index (χ1v) is 17.7. The van der Waals surface area contributed by atoms with Crippen LogP contribution in [0.15, 0.2) is 85.2 Å². The minimum atomic E-state index is -0.731. The van der Waals surface area contributed by atoms with E-state index in [1.54, 1.807) is 47.3 Å². The Morgan fingerprint density at radius 3 is 2.29 bits per heavy atom. The van der Waals surface area contributed by atoms with Crippen LogP contribution >= 0.6 is 0 Å². The summed E-state index contributed by atoms with van der Waals surface area (Å²) < 4.78 is 13.3. The van der Waals surface area contributed by atoms with E-state index in [0.29, 0.717) is 55.1 Å². The lowest BCUT2D eigenvalue weighted by Crippen LogP contribution is -2.56. The molecule has 11 nitrogen and oxygen atoms in total. The zero-order valence-corrected chi connectivity index (χ0v) is 29.7. The number of hydrogen-bond donors (Lipinski definition) is 2. The van der Waals surface area contributed by atoms with Crippen LogP contribution in [0.2, 0.25) is 0 Å². The fourth-order valence-corrected chi connectivity index (χ4v) is 7.44. The molecule has 2 aromatic heterocycles. The van der Waals surface area contributed by atoms with E-state index in [9.17, 15) is 19.2 Å². The van der Waals surface area contributed by atoms with Crippen LogP contribution in [0.25, 0.3) is 5.52 Å². The van der Waals surface area contributed by atoms with E-state index in [1.807, 2.05) is 73.0 Å². The summed E-state index contributed by atoms with van der Waals surface area (Å²) in [5.41, 5.74) is 3.11. The van der Waals surface area contributed by atoms with Gasteiger partial charge in [0.05, 0.1) is 24.7 Å². The van der Waals surface area contributed by atoms with E-state index in [-0.39, 0.29) is 48.1 Å². The number of aryl methyl sites for hydroxylation is 1. The van der Waals surface area contributed by atoms with Crippen molar-refractivity contribution in [2.24, 2.45) is 17.8 Å². The second-order valence-electron chi connectivity index (χ2n) is 13.8. The van der Waals surface area contributed by atoms with Gasteiger partial charge >= 0.3 is 0 Å². The fourth-order valence-electron chi connectivity index (χ4n) is 7.44. The quantitative estimate of drug-likeness (QED) is 0.226. The monoisotopic (exact) mass is 693 g/mol. The maximum atomic E-state index is 14.2. The molecule has 11 heteroatoms. The minimum absolute atomic E-state index is 0.0621. The van der Waals surface area contributed by atoms with Gasteiger partial charge in [0.15, 0.2) is 11.5 Å². The second kappa shape index (κ2) is 15.7. The lowest BCUT2D eigenvalue weighted by atomic mass is 9.79. The van der Waals surface area contributed by atoms with Crippen molar-refractivity contribution in [1.29, 1.82) is 0 Å². The molecule has 2 saturated heterocycles. The van der Waals surface area contributed by atoms with Crippen LogP contribution < -0.4 is 20.1 Å². The summed E-state index contributed by atoms with van der Waals surface area (Å²) in [5.74, 6) is -0.865. The number of methoxy groups -OCH3 is 1. The van der Waals surface area contributed by atoms with Gasteiger partial charge in [-0.2, -0.15) is 0 Å². The molecule has 0 bridgehead atoms. The zero-order chi connectivity index (χ0) is 36.1. The van der Waals surface area contributed by atoms with Crippen molar-refractivity contribution >= 4 is 29.1 Å². The number of benzene rings is 2. The highest BCUT2D eigenvalue weighted by Gasteiger charge is 2.48. The summed E-state index contributed by atoms with van der Waals surface area (Å²) in [7, 11) is 3.10. The molecule has 6 rings (SSSR count). The number of rotatable bonds is 12. The molecule has 2 aromatic carbocycles. The van der Waals surface area contributed by atoms with E-state index in [1.165, 1.54) is 7.11 Å². The van der Waals surface area contributed by atoms with Crippen molar-refractivity contribution in [1.82, 2.24) is 24.8 Å². The Bertz CT molecular complexity index is 1870. The first-order valence-electron chi connectivity index (χ1n) is 17.7. The summed E-state index contributed by atoms with van der Waals surface area (Å²) in [6.45, 7) is 5.16. The molecule has 4 amide bonds. The zero-order valence-electron chi connectivity index (χ0n) is 29.7. The number of aromatic nitrogens is 1. The Morgan fingerprint density at radius 2 is 1.57 bits per heavy atom. The van der Waals surface area contributed by atoms with E-state index >= 15 is 0 Å². The number of carbonyl (C=O) groups is 4. The van der Waals surface area contributed by atoms with Gasteiger partial charge in [0.1, 0.15) is 6.04 Å². The van der Waals surface area contributed by atoms with Crippen molar-refractivity contribution in [2.75, 3.05) is 40.3 Å². The number of likely N-dealkylation sites (N-methyl/N-ethyl adjacent to an activating group) is 1. The van der Waals surface area contributed by atoms with E-state index in [4.69, 9.17) is 9.47 Å². The highest BCUT2D eigenvalue weighted by molar-refractivity contribution is 5.96. The number of pyridine rings is 1. The van der Waals surface area contributed by atoms with Crippen molar-refractivity contribution in [2.45, 2.75) is 45.3 Å². The molecule has 0 spiro atoms. The topological polar surface area (TPSA) is 122 Å². The van der Waals surface area contributed by atoms with Gasteiger partial charge in [0.2, 0.25) is 11.8 Å². The molecule has 4 aromatic rings. The van der Waals surface area contributed by atoms with Gasteiger partial charge in [-0.25, -0.2) is 0 Å². The lowest BCUT2D eigenvalue weighted by Gasteiger charge is -2.40. The van der Waals surface area contributed by atoms with Gasteiger partial charge in [0.25, 0.3) is 11.8 Å². The van der Waals surface area contributed by atoms with Gasteiger partial charge in [-0.15, -0.1) is 0 Å². The van der Waals surface area contributed by atoms with Crippen molar-refractivity contribution in [3.05, 3.63) is 102 Å². The summed E-state index contributed by atoms with van der Waals surface area (Å²) >= 11 is 0. The van der Waals surface area contributed by atoms with Crippen molar-refractivity contribution in [3.8, 4) is 11.5 Å². The van der Waals surface area contributed by atoms with E-state index < -0.39 is 12.0 Å². The molecule has 2 fully saturated rings. The number of amides is 4. The summed E-state index contributed by atoms with van der Waals surface area (Å²) in [4.78, 5) is 58.7. The van der Waals surface area contributed by atoms with Crippen molar-refractivity contribution < 1.29 is 28.7 Å². The van der Waals surface area contributed by atoms with Crippen LogP contribution in [0.3, 0.4) is 0 Å². The van der Waals surface area contributed by atoms with Crippen LogP contribution in [0, 0.1) is 17.8 Å². The highest BCUT2D eigenvalue weighted by Crippen LogP contribution is 2.38. The predicted octanol–water partition coefficient (Wildman–Crippen LogP) is 4.45. The Morgan fingerprint density at radius 1 is 0.843 bits per heavy atom. The molecule has 4 atom stereocenters. The molecule has 2 aliphatic rings. The number of piperidine rings is 1. The molecule has 2 aliphatic heterocycles. The summed E-state index contributed by atoms with van der Waals surface area (Å²) in [6.07, 6.45) is 5.58. The minimum Gasteiger partial charge on any atom is -0.493 e. The van der Waals surface area contributed by atoms with Crippen LogP contribution in [0.1, 0.15) is 53.0 Å². The summed E-state index contributed by atoms with van der Waals surface area (Å²) in [5, 5.41) is 5.74. The smallest absolute Gasteiger partial charge is 0.255 e. The number of nitrogens with one attached hydrogen (secondary N) is 2. The average molecular weight is 694 g/mol. The van der Waals surface area contributed by atoms with Crippen molar-refractivity contribution in [3.63, 3.8) is 0 Å². The highest BCUT2D eigenvalue weighted by atomic mass is 16.5. The third-order valence-electron chi connectivity index (χ3n) is 10.0. The Balaban J connectivity index is 1.23. The maximum Gasteiger partial charge on any atom is 0.255 e. The first kappa shape index (κ1) is 35.5. The Hall–Kier alpha value is -5.32. The lowest BCUT2D eigenvalue weighted by molar-refractivity contribution is -0.133. The molecule has 51 heavy (non-hydrogen) atoms. The molecule has 2 N–H and O–H groups in total. The van der Waals surface area contributed by atoms with Gasteiger partial charge in [0, 0.05) is 56.7 Å². The normalized spacial score (nSPS) is 19.0. The maximum absolute atomic E-state index is 14.2. The molecule has 0 radical (unpaired) electrons. The molecule has 0 aliphatic carbocycles. The van der Waals surface area contributed by atoms with Crippen LogP contribution in [-0.4, -0.2) is 90.3 Å². The van der Waals surface area contributed by atoms with Crippen LogP contribution in [0.4, 0.5) is 0 Å². The number of nitrogens with zero attached hydrogens (tertiary/aromatic N) is 3. The van der Waals surface area contributed by atoms with Gasteiger partial charge < -0.3 is 34.3 Å². The number of fused-ring (bicyclic) bond motifs is 2. The van der Waals surface area contributed by atoms with Gasteiger partial charge in [-0.05, 0) is 93.0 Å². The number of likely N-dealkylation sites (tertiary alicyclic amines) is 2. The Kier molecular flexibility index (Phi) is 10.9. The third kappa shape index (κ3) is 8.03. The average Bonchev–Trinajstić information content (AvgIpc) is 3.80. The Labute approximate surface area is 298 Å². The molecule has 3 unspecified atom stereocenters. The number of ether oxygens (including phenoxy) is 2. The number of carbonyl (C=O) groups excluding carboxylic acids is 4. The van der Waals surface area contributed by atoms with Gasteiger partial charge in [-0.1, -0.05) is 30.3 Å². The molecular weight excluding hydrogens is 646 g/mol. The van der Waals surface area contributed by atoms with Gasteiger partial charge in [-0.3, -0.25) is 19.2 Å². The summed E-state index contributed by atoms with van der Waals surface area (Å²) in [6, 6.07) is 22.0. The van der Waals surface area contributed by atoms with Crippen LogP contribution in [-0.2, 0) is 16.0 Å². The molecule has 0 saturated carbocycles.